The highest BCUT2D eigenvalue weighted by Crippen LogP contribution is 2.47. The number of rotatable bonds is 4. The first-order valence-corrected chi connectivity index (χ1v) is 10.9. The molecule has 2 aliphatic rings. The van der Waals surface area contributed by atoms with E-state index in [1.165, 1.54) is 12.1 Å². The van der Waals surface area contributed by atoms with Gasteiger partial charge in [-0.1, -0.05) is 0 Å². The molecule has 0 aliphatic heterocycles. The molecule has 6 nitrogen and oxygen atoms in total. The average Bonchev–Trinajstić information content (AvgIpc) is 3.19. The van der Waals surface area contributed by atoms with E-state index in [1.54, 1.807) is 29.6 Å². The molecule has 0 bridgehead atoms. The summed E-state index contributed by atoms with van der Waals surface area (Å²) >= 11 is 0. The van der Waals surface area contributed by atoms with Crippen molar-refractivity contribution in [2.45, 2.75) is 42.7 Å². The van der Waals surface area contributed by atoms with E-state index < -0.39 is 15.6 Å². The highest BCUT2D eigenvalue weighted by atomic mass is 32.2. The summed E-state index contributed by atoms with van der Waals surface area (Å²) in [6.07, 6.45) is 4.20. The van der Waals surface area contributed by atoms with Gasteiger partial charge in [0.2, 0.25) is 10.0 Å². The van der Waals surface area contributed by atoms with Gasteiger partial charge in [0.05, 0.1) is 4.90 Å². The third-order valence-corrected chi connectivity index (χ3v) is 8.38. The first-order chi connectivity index (χ1) is 12.8. The first kappa shape index (κ1) is 18.7. The monoisotopic (exact) mass is 390 g/mol. The van der Waals surface area contributed by atoms with Crippen LogP contribution < -0.4 is 5.63 Å². The lowest BCUT2D eigenvalue weighted by Gasteiger charge is -2.26. The van der Waals surface area contributed by atoms with Crippen molar-refractivity contribution in [3.05, 3.63) is 40.8 Å². The van der Waals surface area contributed by atoms with Gasteiger partial charge in [-0.15, -0.1) is 0 Å². The Balaban J connectivity index is 1.54. The Bertz CT molecular complexity index is 1000. The fourth-order valence-electron chi connectivity index (χ4n) is 4.84. The van der Waals surface area contributed by atoms with Gasteiger partial charge in [0.15, 0.2) is 0 Å². The zero-order valence-corrected chi connectivity index (χ0v) is 16.8. The van der Waals surface area contributed by atoms with Crippen molar-refractivity contribution in [2.24, 2.45) is 11.8 Å². The van der Waals surface area contributed by atoms with Crippen molar-refractivity contribution in [2.75, 3.05) is 21.1 Å². The normalized spacial score (nSPS) is 28.3. The maximum Gasteiger partial charge on any atom is 0.336 e. The van der Waals surface area contributed by atoms with E-state index in [1.807, 2.05) is 0 Å². The van der Waals surface area contributed by atoms with Crippen molar-refractivity contribution in [1.82, 2.24) is 9.21 Å². The molecule has 27 heavy (non-hydrogen) atoms. The summed E-state index contributed by atoms with van der Waals surface area (Å²) in [5.41, 5.74) is -0.0435. The topological polar surface area (TPSA) is 70.8 Å². The van der Waals surface area contributed by atoms with Crippen molar-refractivity contribution in [3.63, 3.8) is 0 Å². The third-order valence-electron chi connectivity index (χ3n) is 6.48. The number of hydrogen-bond donors (Lipinski definition) is 0. The Morgan fingerprint density at radius 2 is 1.56 bits per heavy atom. The largest absolute Gasteiger partial charge is 0.423 e. The van der Waals surface area contributed by atoms with E-state index in [0.717, 1.165) is 25.7 Å². The second-order valence-electron chi connectivity index (χ2n) is 8.21. The fourth-order valence-corrected chi connectivity index (χ4v) is 6.26. The maximum atomic E-state index is 13.1. The Morgan fingerprint density at radius 3 is 2.19 bits per heavy atom. The van der Waals surface area contributed by atoms with Crippen LogP contribution in [0.2, 0.25) is 0 Å². The smallest absolute Gasteiger partial charge is 0.336 e. The van der Waals surface area contributed by atoms with Crippen LogP contribution in [0, 0.1) is 11.8 Å². The zero-order valence-electron chi connectivity index (χ0n) is 16.0. The summed E-state index contributed by atoms with van der Waals surface area (Å²) in [5, 5.41) is 0.612. The van der Waals surface area contributed by atoms with E-state index in [-0.39, 0.29) is 10.9 Å². The van der Waals surface area contributed by atoms with Crippen LogP contribution in [-0.2, 0) is 10.0 Å². The molecule has 2 aliphatic carbocycles. The summed E-state index contributed by atoms with van der Waals surface area (Å²) < 4.78 is 32.9. The molecule has 2 saturated carbocycles. The van der Waals surface area contributed by atoms with Crippen LogP contribution in [0.3, 0.4) is 0 Å². The lowest BCUT2D eigenvalue weighted by atomic mass is 10.0. The standard InChI is InChI=1S/C20H26N2O4S/c1-21(2)16-8-14-10-17(11-15(14)9-16)22(3)27(24,25)18-5-6-19-13(12-18)4-7-20(23)26-19/h4-7,12,14-17H,8-11H2,1-3H3/t14-,15+,16?,17?. The van der Waals surface area contributed by atoms with Gasteiger partial charge in [0.25, 0.3) is 0 Å². The molecule has 2 fully saturated rings. The van der Waals surface area contributed by atoms with Crippen LogP contribution in [0.15, 0.2) is 44.4 Å². The lowest BCUT2D eigenvalue weighted by Crippen LogP contribution is -2.36. The fraction of sp³-hybridized carbons (Fsp3) is 0.550. The highest BCUT2D eigenvalue weighted by molar-refractivity contribution is 7.89. The number of nitrogens with zero attached hydrogens (tertiary/aromatic N) is 2. The molecule has 146 valence electrons. The van der Waals surface area contributed by atoms with E-state index in [4.69, 9.17) is 4.42 Å². The molecule has 0 saturated heterocycles. The van der Waals surface area contributed by atoms with Crippen molar-refractivity contribution in [3.8, 4) is 0 Å². The lowest BCUT2D eigenvalue weighted by molar-refractivity contribution is 0.268. The number of benzene rings is 1. The van der Waals surface area contributed by atoms with Crippen LogP contribution >= 0.6 is 0 Å². The molecule has 0 radical (unpaired) electrons. The van der Waals surface area contributed by atoms with Crippen LogP contribution in [0.4, 0.5) is 0 Å². The second kappa shape index (κ2) is 6.72. The molecular formula is C20H26N2O4S. The van der Waals surface area contributed by atoms with E-state index in [9.17, 15) is 13.2 Å². The Labute approximate surface area is 159 Å². The third kappa shape index (κ3) is 3.32. The number of fused-ring (bicyclic) bond motifs is 2. The molecule has 2 unspecified atom stereocenters. The number of sulfonamides is 1. The molecule has 1 aromatic heterocycles. The minimum Gasteiger partial charge on any atom is -0.423 e. The molecule has 0 N–H and O–H groups in total. The molecule has 0 amide bonds. The summed E-state index contributed by atoms with van der Waals surface area (Å²) in [6, 6.07) is 8.25. The van der Waals surface area contributed by atoms with Crippen molar-refractivity contribution < 1.29 is 12.8 Å². The minimum absolute atomic E-state index is 0.0533. The van der Waals surface area contributed by atoms with Crippen LogP contribution in [0.1, 0.15) is 25.7 Å². The molecule has 4 atom stereocenters. The van der Waals surface area contributed by atoms with Crippen molar-refractivity contribution >= 4 is 21.0 Å². The minimum atomic E-state index is -3.58. The summed E-state index contributed by atoms with van der Waals surface area (Å²) in [5.74, 6) is 1.23. The molecule has 1 heterocycles. The van der Waals surface area contributed by atoms with Crippen LogP contribution in [0.25, 0.3) is 11.0 Å². The van der Waals surface area contributed by atoms with E-state index in [0.29, 0.717) is 28.8 Å². The van der Waals surface area contributed by atoms with Crippen LogP contribution in [0.5, 0.6) is 0 Å². The quantitative estimate of drug-likeness (QED) is 0.751. The predicted molar refractivity (Wildman–Crippen MR) is 104 cm³/mol. The van der Waals surface area contributed by atoms with Gasteiger partial charge in [-0.3, -0.25) is 0 Å². The molecular weight excluding hydrogens is 364 g/mol. The molecule has 4 rings (SSSR count). The van der Waals surface area contributed by atoms with Crippen LogP contribution in [-0.4, -0.2) is 50.8 Å². The van der Waals surface area contributed by atoms with Gasteiger partial charge in [-0.05, 0) is 75.9 Å². The van der Waals surface area contributed by atoms with Gasteiger partial charge in [0, 0.05) is 30.6 Å². The van der Waals surface area contributed by atoms with Gasteiger partial charge in [-0.25, -0.2) is 13.2 Å². The Morgan fingerprint density at radius 1 is 0.926 bits per heavy atom. The zero-order chi connectivity index (χ0) is 19.3. The molecule has 7 heteroatoms. The first-order valence-electron chi connectivity index (χ1n) is 9.44. The number of hydrogen-bond acceptors (Lipinski definition) is 5. The molecule has 1 aromatic carbocycles. The van der Waals surface area contributed by atoms with Gasteiger partial charge in [0.1, 0.15) is 5.58 Å². The molecule has 0 spiro atoms. The second-order valence-corrected chi connectivity index (χ2v) is 10.2. The van der Waals surface area contributed by atoms with Gasteiger partial charge in [-0.2, -0.15) is 4.31 Å². The average molecular weight is 391 g/mol. The van der Waals surface area contributed by atoms with E-state index >= 15 is 0 Å². The molecule has 2 aromatic rings. The van der Waals surface area contributed by atoms with Gasteiger partial charge < -0.3 is 9.32 Å². The summed E-state index contributed by atoms with van der Waals surface area (Å²) in [7, 11) is 2.37. The predicted octanol–water partition coefficient (Wildman–Crippen LogP) is 2.53. The van der Waals surface area contributed by atoms with E-state index in [2.05, 4.69) is 19.0 Å². The summed E-state index contributed by atoms with van der Waals surface area (Å²) in [6.45, 7) is 0. The Hall–Kier alpha value is -1.70. The SMILES string of the molecule is CN(C)C1C[C@@H]2CC(N(C)S(=O)(=O)c3ccc4oc(=O)ccc4c3)C[C@@H]2C1. The Kier molecular flexibility index (Phi) is 4.64. The summed E-state index contributed by atoms with van der Waals surface area (Å²) in [4.78, 5) is 13.8. The highest BCUT2D eigenvalue weighted by Gasteiger charge is 2.45. The maximum absolute atomic E-state index is 13.1. The van der Waals surface area contributed by atoms with Gasteiger partial charge >= 0.3 is 5.63 Å². The van der Waals surface area contributed by atoms with Crippen molar-refractivity contribution in [1.29, 1.82) is 0 Å².